The fourth-order valence-corrected chi connectivity index (χ4v) is 2.44. The van der Waals surface area contributed by atoms with Crippen molar-refractivity contribution in [1.82, 2.24) is 5.32 Å². The largest absolute Gasteiger partial charge is 0.487 e. The van der Waals surface area contributed by atoms with E-state index in [1.807, 2.05) is 6.92 Å². The van der Waals surface area contributed by atoms with Crippen LogP contribution >= 0.6 is 0 Å². The van der Waals surface area contributed by atoms with E-state index in [2.05, 4.69) is 5.32 Å². The molecule has 0 spiro atoms. The molecule has 0 bridgehead atoms. The van der Waals surface area contributed by atoms with Crippen LogP contribution in [0.2, 0.25) is 0 Å². The number of alkyl carbamates (subject to hydrolysis) is 1. The zero-order chi connectivity index (χ0) is 19.3. The molecule has 0 saturated carbocycles. The Hall–Kier alpha value is -2.35. The quantitative estimate of drug-likeness (QED) is 0.430. The molecule has 1 aliphatic rings. The molecular formula is C18H26N2O6. The summed E-state index contributed by atoms with van der Waals surface area (Å²) in [6.45, 7) is 8.28. The summed E-state index contributed by atoms with van der Waals surface area (Å²) < 4.78 is 16.1. The van der Waals surface area contributed by atoms with Gasteiger partial charge in [0.2, 0.25) is 0 Å². The predicted molar refractivity (Wildman–Crippen MR) is 95.5 cm³/mol. The number of nitrogens with one attached hydrogen (secondary N) is 1. The molecule has 1 fully saturated rings. The third kappa shape index (κ3) is 6.18. The number of hydrogen-bond donors (Lipinski definition) is 1. The van der Waals surface area contributed by atoms with Crippen LogP contribution in [0.25, 0.3) is 0 Å². The van der Waals surface area contributed by atoms with E-state index in [-0.39, 0.29) is 23.6 Å². The van der Waals surface area contributed by atoms with Crippen LogP contribution in [0.5, 0.6) is 5.75 Å². The van der Waals surface area contributed by atoms with E-state index >= 15 is 0 Å². The highest BCUT2D eigenvalue weighted by Crippen LogP contribution is 2.29. The van der Waals surface area contributed by atoms with Gasteiger partial charge in [-0.05, 0) is 45.2 Å². The molecule has 2 rings (SSSR count). The number of amides is 1. The summed E-state index contributed by atoms with van der Waals surface area (Å²) in [5.41, 5.74) is 0.160. The number of hydrogen-bond acceptors (Lipinski definition) is 6. The molecule has 8 heteroatoms. The summed E-state index contributed by atoms with van der Waals surface area (Å²) in [5.74, 6) is 0.238. The van der Waals surface area contributed by atoms with Gasteiger partial charge < -0.3 is 19.5 Å². The monoisotopic (exact) mass is 366 g/mol. The van der Waals surface area contributed by atoms with Crippen molar-refractivity contribution in [3.8, 4) is 5.75 Å². The predicted octanol–water partition coefficient (Wildman–Crippen LogP) is 3.22. The molecule has 0 aliphatic carbocycles. The van der Waals surface area contributed by atoms with E-state index < -0.39 is 16.6 Å². The Morgan fingerprint density at radius 3 is 2.69 bits per heavy atom. The molecule has 1 amide bonds. The maximum atomic E-state index is 12.0. The van der Waals surface area contributed by atoms with Gasteiger partial charge in [0.1, 0.15) is 11.7 Å². The lowest BCUT2D eigenvalue weighted by molar-refractivity contribution is -0.385. The Morgan fingerprint density at radius 2 is 2.15 bits per heavy atom. The van der Waals surface area contributed by atoms with Crippen molar-refractivity contribution < 1.29 is 23.9 Å². The lowest BCUT2D eigenvalue weighted by Gasteiger charge is -2.23. The van der Waals surface area contributed by atoms with Gasteiger partial charge in [-0.1, -0.05) is 13.0 Å². The van der Waals surface area contributed by atoms with Gasteiger partial charge in [0, 0.05) is 6.07 Å². The van der Waals surface area contributed by atoms with Crippen molar-refractivity contribution in [2.75, 3.05) is 13.2 Å². The number of nitro benzene ring substituents is 1. The average Bonchev–Trinajstić information content (AvgIpc) is 3.35. The third-order valence-electron chi connectivity index (χ3n) is 3.65. The number of nitro groups is 1. The zero-order valence-electron chi connectivity index (χ0n) is 15.6. The van der Waals surface area contributed by atoms with Crippen LogP contribution in [0.4, 0.5) is 10.5 Å². The van der Waals surface area contributed by atoms with Crippen LogP contribution in [0.15, 0.2) is 18.2 Å². The number of carbonyl (C=O) groups excluding carboxylic acids is 1. The van der Waals surface area contributed by atoms with Gasteiger partial charge in [0.15, 0.2) is 5.75 Å². The van der Waals surface area contributed by atoms with Gasteiger partial charge in [-0.25, -0.2) is 4.79 Å². The second kappa shape index (κ2) is 8.35. The molecule has 26 heavy (non-hydrogen) atoms. The van der Waals surface area contributed by atoms with Gasteiger partial charge in [-0.3, -0.25) is 10.1 Å². The molecule has 1 heterocycles. The van der Waals surface area contributed by atoms with E-state index in [9.17, 15) is 14.9 Å². The van der Waals surface area contributed by atoms with E-state index in [4.69, 9.17) is 14.2 Å². The number of benzene rings is 1. The molecule has 1 unspecified atom stereocenters. The molecule has 1 saturated heterocycles. The van der Waals surface area contributed by atoms with Crippen molar-refractivity contribution >= 4 is 11.8 Å². The Balaban J connectivity index is 2.10. The number of ether oxygens (including phenoxy) is 3. The Kier molecular flexibility index (Phi) is 6.42. The second-order valence-corrected chi connectivity index (χ2v) is 7.24. The van der Waals surface area contributed by atoms with Gasteiger partial charge in [-0.2, -0.15) is 0 Å². The average molecular weight is 366 g/mol. The van der Waals surface area contributed by atoms with Crippen molar-refractivity contribution in [2.45, 2.75) is 58.3 Å². The third-order valence-corrected chi connectivity index (χ3v) is 3.65. The minimum Gasteiger partial charge on any atom is -0.487 e. The van der Waals surface area contributed by atoms with Crippen LogP contribution in [0, 0.1) is 10.1 Å². The molecule has 1 aromatic carbocycles. The minimum absolute atomic E-state index is 0.0680. The lowest BCUT2D eigenvalue weighted by Crippen LogP contribution is -2.43. The van der Waals surface area contributed by atoms with E-state index in [1.165, 1.54) is 6.07 Å². The molecule has 2 atom stereocenters. The molecule has 1 aromatic rings. The molecule has 8 nitrogen and oxygen atoms in total. The number of carbonyl (C=O) groups is 1. The Bertz CT molecular complexity index is 652. The number of epoxide rings is 1. The maximum absolute atomic E-state index is 12.0. The maximum Gasteiger partial charge on any atom is 0.407 e. The highest BCUT2D eigenvalue weighted by Gasteiger charge is 2.35. The van der Waals surface area contributed by atoms with Crippen LogP contribution < -0.4 is 10.1 Å². The first-order valence-electron chi connectivity index (χ1n) is 8.71. The molecule has 144 valence electrons. The van der Waals surface area contributed by atoms with Crippen LogP contribution in [-0.2, 0) is 15.9 Å². The number of rotatable bonds is 8. The van der Waals surface area contributed by atoms with Crippen molar-refractivity contribution in [2.24, 2.45) is 0 Å². The van der Waals surface area contributed by atoms with Crippen LogP contribution in [0.1, 0.15) is 39.7 Å². The second-order valence-electron chi connectivity index (χ2n) is 7.24. The Labute approximate surface area is 153 Å². The van der Waals surface area contributed by atoms with Crippen LogP contribution in [0.3, 0.4) is 0 Å². The number of nitrogens with zero attached hydrogens (tertiary/aromatic N) is 1. The summed E-state index contributed by atoms with van der Waals surface area (Å²) in [5, 5.41) is 14.0. The van der Waals surface area contributed by atoms with E-state index in [0.717, 1.165) is 12.0 Å². The van der Waals surface area contributed by atoms with Gasteiger partial charge in [0.05, 0.1) is 24.2 Å². The molecule has 1 N–H and O–H groups in total. The summed E-state index contributed by atoms with van der Waals surface area (Å²) in [4.78, 5) is 22.7. The lowest BCUT2D eigenvalue weighted by atomic mass is 10.0. The summed E-state index contributed by atoms with van der Waals surface area (Å²) in [6, 6.07) is 4.48. The SMILES string of the molecule is CCCOc1cc(C[C@H](NC(=O)OC(C)(C)C)C2CO2)ccc1[N+](=O)[O-]. The van der Waals surface area contributed by atoms with Crippen molar-refractivity contribution in [3.05, 3.63) is 33.9 Å². The summed E-state index contributed by atoms with van der Waals surface area (Å²) in [7, 11) is 0. The van der Waals surface area contributed by atoms with E-state index in [0.29, 0.717) is 19.6 Å². The smallest absolute Gasteiger partial charge is 0.407 e. The first kappa shape index (κ1) is 20.0. The Morgan fingerprint density at radius 1 is 1.46 bits per heavy atom. The topological polar surface area (TPSA) is 103 Å². The normalized spacial score (nSPS) is 17.3. The van der Waals surface area contributed by atoms with Crippen molar-refractivity contribution in [3.63, 3.8) is 0 Å². The molecule has 0 aromatic heterocycles. The van der Waals surface area contributed by atoms with Gasteiger partial charge in [0.25, 0.3) is 0 Å². The fraction of sp³-hybridized carbons (Fsp3) is 0.611. The van der Waals surface area contributed by atoms with E-state index in [1.54, 1.807) is 32.9 Å². The summed E-state index contributed by atoms with van der Waals surface area (Å²) in [6.07, 6.45) is 0.616. The highest BCUT2D eigenvalue weighted by molar-refractivity contribution is 5.68. The first-order chi connectivity index (χ1) is 12.2. The summed E-state index contributed by atoms with van der Waals surface area (Å²) >= 11 is 0. The first-order valence-corrected chi connectivity index (χ1v) is 8.71. The minimum atomic E-state index is -0.590. The zero-order valence-corrected chi connectivity index (χ0v) is 15.6. The standard InChI is InChI=1S/C18H26N2O6/c1-5-8-24-15-10-12(6-7-14(15)20(22)23)9-13(16-11-25-16)19-17(21)26-18(2,3)4/h6-7,10,13,16H,5,8-9,11H2,1-4H3,(H,19,21)/t13-,16?/m0/s1. The molecular weight excluding hydrogens is 340 g/mol. The molecule has 0 radical (unpaired) electrons. The molecule has 1 aliphatic heterocycles. The van der Waals surface area contributed by atoms with Gasteiger partial charge in [-0.15, -0.1) is 0 Å². The van der Waals surface area contributed by atoms with Crippen LogP contribution in [-0.4, -0.2) is 42.0 Å². The highest BCUT2D eigenvalue weighted by atomic mass is 16.6. The van der Waals surface area contributed by atoms with Crippen molar-refractivity contribution in [1.29, 1.82) is 0 Å². The van der Waals surface area contributed by atoms with Gasteiger partial charge >= 0.3 is 11.8 Å². The fourth-order valence-electron chi connectivity index (χ4n) is 2.44.